The van der Waals surface area contributed by atoms with Gasteiger partial charge in [0.25, 0.3) is 0 Å². The van der Waals surface area contributed by atoms with Crippen LogP contribution >= 0.6 is 11.6 Å². The minimum atomic E-state index is 0.218. The first-order valence-electron chi connectivity index (χ1n) is 10.1. The maximum atomic E-state index is 13.1. The molecule has 2 atom stereocenters. The molecule has 0 bridgehead atoms. The van der Waals surface area contributed by atoms with Crippen molar-refractivity contribution in [2.75, 3.05) is 37.6 Å². The fourth-order valence-corrected chi connectivity index (χ4v) is 4.50. The third-order valence-electron chi connectivity index (χ3n) is 6.23. The van der Waals surface area contributed by atoms with Crippen LogP contribution in [0.5, 0.6) is 0 Å². The molecular weight excluding hydrogens is 370 g/mol. The highest BCUT2D eigenvalue weighted by Gasteiger charge is 2.36. The van der Waals surface area contributed by atoms with Crippen LogP contribution in [0.25, 0.3) is 0 Å². The summed E-state index contributed by atoms with van der Waals surface area (Å²) in [6.45, 7) is 9.64. The van der Waals surface area contributed by atoms with Gasteiger partial charge in [-0.3, -0.25) is 14.6 Å². The molecule has 0 N–H and O–H groups in total. The first-order chi connectivity index (χ1) is 13.5. The lowest BCUT2D eigenvalue weighted by Gasteiger charge is -2.35. The van der Waals surface area contributed by atoms with Gasteiger partial charge in [0, 0.05) is 55.4 Å². The smallest absolute Gasteiger partial charge is 0.241 e. The quantitative estimate of drug-likeness (QED) is 0.780. The number of carbonyl (C=O) groups is 1. The number of hydrogen-bond donors (Lipinski definition) is 0. The van der Waals surface area contributed by atoms with Crippen molar-refractivity contribution >= 4 is 23.2 Å². The number of nitrogens with zero attached hydrogens (tertiary/aromatic N) is 3. The van der Waals surface area contributed by atoms with Crippen LogP contribution in [0.1, 0.15) is 30.9 Å². The number of benzene rings is 2. The first kappa shape index (κ1) is 19.4. The molecular formula is C23H28ClN3O. The highest BCUT2D eigenvalue weighted by atomic mass is 35.5. The summed E-state index contributed by atoms with van der Waals surface area (Å²) < 4.78 is 0. The van der Waals surface area contributed by atoms with Crippen LogP contribution in [0, 0.1) is 0 Å². The molecule has 0 unspecified atom stereocenters. The normalized spacial score (nSPS) is 23.0. The van der Waals surface area contributed by atoms with E-state index in [0.29, 0.717) is 12.5 Å². The number of halogens is 1. The second-order valence-corrected chi connectivity index (χ2v) is 8.47. The molecule has 4 rings (SSSR count). The Bertz CT molecular complexity index is 830. The number of anilines is 1. The maximum absolute atomic E-state index is 13.1. The van der Waals surface area contributed by atoms with Gasteiger partial charge in [-0.15, -0.1) is 0 Å². The van der Waals surface area contributed by atoms with Gasteiger partial charge in [-0.25, -0.2) is 0 Å². The minimum absolute atomic E-state index is 0.218. The molecule has 5 heteroatoms. The summed E-state index contributed by atoms with van der Waals surface area (Å²) in [4.78, 5) is 19.8. The molecule has 2 heterocycles. The van der Waals surface area contributed by atoms with Crippen molar-refractivity contribution in [3.63, 3.8) is 0 Å². The van der Waals surface area contributed by atoms with Gasteiger partial charge in [-0.2, -0.15) is 0 Å². The molecule has 2 aromatic rings. The SMILES string of the molecule is C[C@@H]1[C@@H](C)c2ccccc2N1C(=O)CN1CCN(Cc2ccc(Cl)cc2)CC1. The summed E-state index contributed by atoms with van der Waals surface area (Å²) in [6.07, 6.45) is 0. The largest absolute Gasteiger partial charge is 0.308 e. The summed E-state index contributed by atoms with van der Waals surface area (Å²) in [7, 11) is 0. The molecule has 0 aliphatic carbocycles. The predicted octanol–water partition coefficient (Wildman–Crippen LogP) is 4.00. The maximum Gasteiger partial charge on any atom is 0.241 e. The van der Waals surface area contributed by atoms with E-state index in [0.717, 1.165) is 43.4 Å². The van der Waals surface area contributed by atoms with E-state index in [1.807, 2.05) is 23.1 Å². The second-order valence-electron chi connectivity index (χ2n) is 8.03. The number of carbonyl (C=O) groups excluding carboxylic acids is 1. The summed E-state index contributed by atoms with van der Waals surface area (Å²) in [5, 5.41) is 0.777. The molecule has 0 aromatic heterocycles. The van der Waals surface area contributed by atoms with E-state index < -0.39 is 0 Å². The lowest BCUT2D eigenvalue weighted by molar-refractivity contribution is -0.120. The van der Waals surface area contributed by atoms with Crippen LogP contribution < -0.4 is 4.90 Å². The number of fused-ring (bicyclic) bond motifs is 1. The molecule has 1 fully saturated rings. The molecule has 0 radical (unpaired) electrons. The van der Waals surface area contributed by atoms with Gasteiger partial charge in [0.1, 0.15) is 0 Å². The number of hydrogen-bond acceptors (Lipinski definition) is 3. The average Bonchev–Trinajstić information content (AvgIpc) is 2.96. The monoisotopic (exact) mass is 397 g/mol. The van der Waals surface area contributed by atoms with E-state index in [4.69, 9.17) is 11.6 Å². The zero-order valence-corrected chi connectivity index (χ0v) is 17.4. The third kappa shape index (κ3) is 3.95. The Morgan fingerprint density at radius 3 is 2.32 bits per heavy atom. The molecule has 2 aliphatic rings. The first-order valence-corrected chi connectivity index (χ1v) is 10.5. The minimum Gasteiger partial charge on any atom is -0.308 e. The molecule has 1 saturated heterocycles. The summed E-state index contributed by atoms with van der Waals surface area (Å²) >= 11 is 5.97. The summed E-state index contributed by atoms with van der Waals surface area (Å²) in [5.41, 5.74) is 3.66. The number of para-hydroxylation sites is 1. The Kier molecular flexibility index (Phi) is 5.72. The molecule has 2 aliphatic heterocycles. The number of rotatable bonds is 4. The van der Waals surface area contributed by atoms with Crippen molar-refractivity contribution in [3.8, 4) is 0 Å². The van der Waals surface area contributed by atoms with Crippen molar-refractivity contribution in [1.29, 1.82) is 0 Å². The third-order valence-corrected chi connectivity index (χ3v) is 6.48. The topological polar surface area (TPSA) is 26.8 Å². The van der Waals surface area contributed by atoms with E-state index in [2.05, 4.69) is 54.0 Å². The van der Waals surface area contributed by atoms with E-state index >= 15 is 0 Å². The van der Waals surface area contributed by atoms with Crippen molar-refractivity contribution in [2.24, 2.45) is 0 Å². The van der Waals surface area contributed by atoms with Crippen molar-refractivity contribution in [1.82, 2.24) is 9.80 Å². The summed E-state index contributed by atoms with van der Waals surface area (Å²) in [6, 6.07) is 16.6. The Balaban J connectivity index is 1.32. The van der Waals surface area contributed by atoms with E-state index in [-0.39, 0.29) is 11.9 Å². The van der Waals surface area contributed by atoms with Crippen molar-refractivity contribution in [2.45, 2.75) is 32.4 Å². The lowest BCUT2D eigenvalue weighted by atomic mass is 9.98. The second kappa shape index (κ2) is 8.24. The van der Waals surface area contributed by atoms with Crippen LogP contribution in [0.3, 0.4) is 0 Å². The van der Waals surface area contributed by atoms with E-state index in [1.54, 1.807) is 0 Å². The van der Waals surface area contributed by atoms with Gasteiger partial charge in [0.05, 0.1) is 6.54 Å². The van der Waals surface area contributed by atoms with Gasteiger partial charge in [-0.1, -0.05) is 48.9 Å². The highest BCUT2D eigenvalue weighted by Crippen LogP contribution is 2.40. The number of amides is 1. The average molecular weight is 398 g/mol. The van der Waals surface area contributed by atoms with Crippen molar-refractivity contribution < 1.29 is 4.79 Å². The van der Waals surface area contributed by atoms with Gasteiger partial charge in [0.15, 0.2) is 0 Å². The Morgan fingerprint density at radius 1 is 0.964 bits per heavy atom. The lowest BCUT2D eigenvalue weighted by Crippen LogP contribution is -2.50. The molecule has 148 valence electrons. The molecule has 4 nitrogen and oxygen atoms in total. The zero-order chi connectivity index (χ0) is 19.7. The van der Waals surface area contributed by atoms with Crippen molar-refractivity contribution in [3.05, 3.63) is 64.7 Å². The van der Waals surface area contributed by atoms with Crippen LogP contribution in [0.4, 0.5) is 5.69 Å². The van der Waals surface area contributed by atoms with Crippen LogP contribution in [-0.4, -0.2) is 54.5 Å². The highest BCUT2D eigenvalue weighted by molar-refractivity contribution is 6.30. The summed E-state index contributed by atoms with van der Waals surface area (Å²) in [5.74, 6) is 0.604. The Labute approximate surface area is 172 Å². The van der Waals surface area contributed by atoms with Crippen LogP contribution in [0.15, 0.2) is 48.5 Å². The molecule has 0 spiro atoms. The van der Waals surface area contributed by atoms with Gasteiger partial charge < -0.3 is 4.90 Å². The fourth-order valence-electron chi connectivity index (χ4n) is 4.38. The van der Waals surface area contributed by atoms with E-state index in [9.17, 15) is 4.79 Å². The van der Waals surface area contributed by atoms with Crippen LogP contribution in [-0.2, 0) is 11.3 Å². The zero-order valence-electron chi connectivity index (χ0n) is 16.6. The predicted molar refractivity (Wildman–Crippen MR) is 115 cm³/mol. The Morgan fingerprint density at radius 2 is 1.61 bits per heavy atom. The van der Waals surface area contributed by atoms with E-state index in [1.165, 1.54) is 11.1 Å². The Hall–Kier alpha value is -1.88. The fraction of sp³-hybridized carbons (Fsp3) is 0.435. The number of piperazine rings is 1. The molecule has 2 aromatic carbocycles. The van der Waals surface area contributed by atoms with Gasteiger partial charge in [-0.05, 0) is 36.2 Å². The van der Waals surface area contributed by atoms with Gasteiger partial charge in [0.2, 0.25) is 5.91 Å². The standard InChI is InChI=1S/C23H28ClN3O/c1-17-18(2)27(22-6-4-3-5-21(17)22)23(28)16-26-13-11-25(12-14-26)15-19-7-9-20(24)10-8-19/h3-10,17-18H,11-16H2,1-2H3/t17-,18-/m1/s1. The van der Waals surface area contributed by atoms with Crippen LogP contribution in [0.2, 0.25) is 5.02 Å². The molecule has 0 saturated carbocycles. The molecule has 1 amide bonds. The molecule has 28 heavy (non-hydrogen) atoms. The van der Waals surface area contributed by atoms with Gasteiger partial charge >= 0.3 is 0 Å².